The van der Waals surface area contributed by atoms with Gasteiger partial charge in [-0.25, -0.2) is 9.97 Å². The molecule has 1 saturated heterocycles. The number of nitrogens with one attached hydrogen (secondary N) is 1. The van der Waals surface area contributed by atoms with Crippen LogP contribution in [0, 0.1) is 0 Å². The summed E-state index contributed by atoms with van der Waals surface area (Å²) >= 11 is 0. The van der Waals surface area contributed by atoms with E-state index in [2.05, 4.69) is 93.9 Å². The summed E-state index contributed by atoms with van der Waals surface area (Å²) in [4.78, 5) is 19.4. The van der Waals surface area contributed by atoms with E-state index in [0.717, 1.165) is 78.1 Å². The molecule has 0 spiro atoms. The summed E-state index contributed by atoms with van der Waals surface area (Å²) in [7, 11) is 3.87. The third-order valence-corrected chi connectivity index (χ3v) is 8.59. The van der Waals surface area contributed by atoms with Crippen LogP contribution in [0.3, 0.4) is 0 Å². The van der Waals surface area contributed by atoms with E-state index in [4.69, 9.17) is 19.4 Å². The number of methoxy groups -OCH3 is 1. The van der Waals surface area contributed by atoms with Gasteiger partial charge in [-0.2, -0.15) is 0 Å². The minimum Gasteiger partial charge on any atom is -0.493 e. The molecule has 0 radical (unpaired) electrons. The van der Waals surface area contributed by atoms with Gasteiger partial charge in [0.1, 0.15) is 12.4 Å². The van der Waals surface area contributed by atoms with Crippen molar-refractivity contribution in [1.29, 1.82) is 0 Å². The van der Waals surface area contributed by atoms with Crippen LogP contribution < -0.4 is 14.8 Å². The number of aliphatic imine (C=N–C) groups is 1. The molecule has 4 aromatic carbocycles. The van der Waals surface area contributed by atoms with Gasteiger partial charge in [0.05, 0.1) is 19.2 Å². The fourth-order valence-electron chi connectivity index (χ4n) is 6.03. The molecule has 0 unspecified atom stereocenters. The smallest absolute Gasteiger partial charge is 0.162 e. The Kier molecular flexibility index (Phi) is 8.40. The fraction of sp³-hybridized carbons (Fsp3) is 0.270. The van der Waals surface area contributed by atoms with Crippen LogP contribution in [0.25, 0.3) is 33.4 Å². The lowest BCUT2D eigenvalue weighted by molar-refractivity contribution is 0.208. The predicted octanol–water partition coefficient (Wildman–Crippen LogP) is 6.66. The normalized spacial score (nSPS) is 15.2. The fourth-order valence-corrected chi connectivity index (χ4v) is 6.03. The van der Waals surface area contributed by atoms with Gasteiger partial charge in [0.15, 0.2) is 17.3 Å². The van der Waals surface area contributed by atoms with Crippen LogP contribution in [-0.2, 0) is 6.54 Å². The number of hydrogen-bond donors (Lipinski definition) is 1. The molecule has 1 N–H and O–H groups in total. The molecule has 8 heteroatoms. The molecule has 0 atom stereocenters. The Labute approximate surface area is 264 Å². The highest BCUT2D eigenvalue weighted by molar-refractivity contribution is 5.95. The van der Waals surface area contributed by atoms with E-state index in [1.165, 1.54) is 12.0 Å². The summed E-state index contributed by atoms with van der Waals surface area (Å²) in [5.41, 5.74) is 7.26. The summed E-state index contributed by atoms with van der Waals surface area (Å²) < 4.78 is 12.2. The molecular weight excluding hydrogens is 560 g/mol. The van der Waals surface area contributed by atoms with E-state index >= 15 is 0 Å². The van der Waals surface area contributed by atoms with Crippen LogP contribution in [0.2, 0.25) is 0 Å². The summed E-state index contributed by atoms with van der Waals surface area (Å²) in [5.74, 6) is 2.68. The van der Waals surface area contributed by atoms with Gasteiger partial charge in [0.25, 0.3) is 0 Å². The zero-order valence-electron chi connectivity index (χ0n) is 25.9. The van der Waals surface area contributed by atoms with Crippen molar-refractivity contribution in [3.63, 3.8) is 0 Å². The Morgan fingerprint density at radius 3 is 2.56 bits per heavy atom. The molecule has 2 aliphatic rings. The van der Waals surface area contributed by atoms with Crippen LogP contribution in [-0.4, -0.2) is 79.5 Å². The Bertz CT molecular complexity index is 1840. The van der Waals surface area contributed by atoms with Gasteiger partial charge < -0.3 is 19.7 Å². The van der Waals surface area contributed by atoms with Crippen molar-refractivity contribution in [3.05, 3.63) is 96.1 Å². The minimum atomic E-state index is 0.573. The maximum absolute atomic E-state index is 6.37. The lowest BCUT2D eigenvalue weighted by Gasteiger charge is -2.21. The maximum Gasteiger partial charge on any atom is 0.162 e. The number of rotatable bonds is 9. The van der Waals surface area contributed by atoms with Gasteiger partial charge >= 0.3 is 0 Å². The first-order chi connectivity index (χ1) is 22.1. The monoisotopic (exact) mass is 598 g/mol. The molecule has 0 bridgehead atoms. The van der Waals surface area contributed by atoms with E-state index in [1.54, 1.807) is 7.11 Å². The highest BCUT2D eigenvalue weighted by Gasteiger charge is 2.18. The number of likely N-dealkylation sites (N-methyl/N-ethyl adjacent to an activating group) is 1. The quantitative estimate of drug-likeness (QED) is 0.203. The number of aromatic nitrogens is 2. The molecule has 5 aromatic rings. The number of anilines is 2. The van der Waals surface area contributed by atoms with Crippen LogP contribution in [0.5, 0.6) is 11.5 Å². The minimum absolute atomic E-state index is 0.573. The van der Waals surface area contributed by atoms with Crippen molar-refractivity contribution < 1.29 is 9.47 Å². The highest BCUT2D eigenvalue weighted by atomic mass is 16.5. The van der Waals surface area contributed by atoms with Gasteiger partial charge in [-0.15, -0.1) is 0 Å². The van der Waals surface area contributed by atoms with Crippen LogP contribution in [0.15, 0.2) is 89.9 Å². The number of fused-ring (bicyclic) bond motifs is 2. The summed E-state index contributed by atoms with van der Waals surface area (Å²) in [5, 5.41) is 4.46. The average Bonchev–Trinajstić information content (AvgIpc) is 3.45. The third kappa shape index (κ3) is 6.53. The van der Waals surface area contributed by atoms with Crippen molar-refractivity contribution in [2.75, 3.05) is 58.8 Å². The SMILES string of the molecule is COc1cc2nc(-c3cccc(-c4ccccc4)c3)nc(Nc3ccc4c(c3)C=NC4)c2cc1OCCN1CCCN(C)CC1. The number of ether oxygens (including phenoxy) is 2. The highest BCUT2D eigenvalue weighted by Crippen LogP contribution is 2.37. The second kappa shape index (κ2) is 13.1. The molecule has 45 heavy (non-hydrogen) atoms. The lowest BCUT2D eigenvalue weighted by Crippen LogP contribution is -2.32. The van der Waals surface area contributed by atoms with Gasteiger partial charge in [-0.3, -0.25) is 9.89 Å². The van der Waals surface area contributed by atoms with Crippen molar-refractivity contribution in [3.8, 4) is 34.0 Å². The molecular formula is C37H38N6O2. The molecule has 8 nitrogen and oxygen atoms in total. The van der Waals surface area contributed by atoms with Crippen LogP contribution in [0.4, 0.5) is 11.5 Å². The van der Waals surface area contributed by atoms with Gasteiger partial charge in [0, 0.05) is 48.6 Å². The molecule has 0 aliphatic carbocycles. The van der Waals surface area contributed by atoms with Gasteiger partial charge in [-0.1, -0.05) is 54.6 Å². The van der Waals surface area contributed by atoms with Crippen LogP contribution >= 0.6 is 0 Å². The third-order valence-electron chi connectivity index (χ3n) is 8.59. The van der Waals surface area contributed by atoms with E-state index in [0.29, 0.717) is 29.7 Å². The molecule has 0 amide bonds. The topological polar surface area (TPSA) is 75.1 Å². The molecule has 1 aromatic heterocycles. The number of nitrogens with zero attached hydrogens (tertiary/aromatic N) is 5. The summed E-state index contributed by atoms with van der Waals surface area (Å²) in [6.07, 6.45) is 3.10. The zero-order valence-corrected chi connectivity index (χ0v) is 25.9. The number of benzene rings is 4. The van der Waals surface area contributed by atoms with E-state index < -0.39 is 0 Å². The number of hydrogen-bond acceptors (Lipinski definition) is 8. The van der Waals surface area contributed by atoms with Gasteiger partial charge in [-0.05, 0) is 73.1 Å². The van der Waals surface area contributed by atoms with Crippen LogP contribution in [0.1, 0.15) is 17.5 Å². The molecule has 2 aliphatic heterocycles. The van der Waals surface area contributed by atoms with E-state index in [-0.39, 0.29) is 0 Å². The first-order valence-electron chi connectivity index (χ1n) is 15.6. The molecule has 0 saturated carbocycles. The summed E-state index contributed by atoms with van der Waals surface area (Å²) in [6, 6.07) is 29.0. The van der Waals surface area contributed by atoms with E-state index in [9.17, 15) is 0 Å². The van der Waals surface area contributed by atoms with Gasteiger partial charge in [0.2, 0.25) is 0 Å². The first-order valence-corrected chi connectivity index (χ1v) is 15.6. The zero-order chi connectivity index (χ0) is 30.6. The standard InChI is InChI=1S/C37H38N6O2/c1-42-14-7-15-43(17-16-42)18-19-45-35-22-32-33(23-34(35)44-2)40-36(28-11-6-10-27(20-28)26-8-4-3-5-9-26)41-37(32)39-31-13-12-29-24-38-25-30(29)21-31/h3-6,8-13,20-23,25H,7,14-19,24H2,1-2H3,(H,39,40,41). The molecule has 1 fully saturated rings. The Balaban J connectivity index is 1.25. The van der Waals surface area contributed by atoms with E-state index in [1.807, 2.05) is 24.4 Å². The van der Waals surface area contributed by atoms with Crippen molar-refractivity contribution in [1.82, 2.24) is 19.8 Å². The summed E-state index contributed by atoms with van der Waals surface area (Å²) in [6.45, 7) is 6.52. The Morgan fingerprint density at radius 2 is 1.67 bits per heavy atom. The van der Waals surface area contributed by atoms with Crippen molar-refractivity contribution in [2.24, 2.45) is 4.99 Å². The average molecular weight is 599 g/mol. The first kappa shape index (κ1) is 29.0. The lowest BCUT2D eigenvalue weighted by atomic mass is 10.0. The Hall–Kier alpha value is -4.79. The maximum atomic E-state index is 6.37. The second-order valence-electron chi connectivity index (χ2n) is 11.7. The Morgan fingerprint density at radius 1 is 0.800 bits per heavy atom. The predicted molar refractivity (Wildman–Crippen MR) is 182 cm³/mol. The van der Waals surface area contributed by atoms with Crippen molar-refractivity contribution >= 4 is 28.6 Å². The largest absolute Gasteiger partial charge is 0.493 e. The van der Waals surface area contributed by atoms with Crippen molar-refractivity contribution in [2.45, 2.75) is 13.0 Å². The molecule has 228 valence electrons. The molecule has 3 heterocycles. The second-order valence-corrected chi connectivity index (χ2v) is 11.7. The molecule has 7 rings (SSSR count).